The third-order valence-electron chi connectivity index (χ3n) is 3.46. The van der Waals surface area contributed by atoms with Crippen LogP contribution >= 0.6 is 0 Å². The maximum atomic E-state index is 5.79. The number of rotatable bonds is 5. The monoisotopic (exact) mass is 170 g/mol. The van der Waals surface area contributed by atoms with Crippen molar-refractivity contribution in [1.29, 1.82) is 0 Å². The first-order valence-corrected chi connectivity index (χ1v) is 5.28. The van der Waals surface area contributed by atoms with Crippen molar-refractivity contribution < 1.29 is 4.74 Å². The lowest BCUT2D eigenvalue weighted by Crippen LogP contribution is -2.18. The van der Waals surface area contributed by atoms with E-state index in [-0.39, 0.29) is 11.2 Å². The molecule has 0 aliphatic carbocycles. The van der Waals surface area contributed by atoms with Crippen LogP contribution in [-0.2, 0) is 4.74 Å². The van der Waals surface area contributed by atoms with Crippen LogP contribution in [0.15, 0.2) is 0 Å². The summed E-state index contributed by atoms with van der Waals surface area (Å²) in [5.41, 5.74) is 0.400. The Morgan fingerprint density at radius 2 is 1.67 bits per heavy atom. The van der Waals surface area contributed by atoms with Gasteiger partial charge >= 0.3 is 0 Å². The molecular formula is C11H22O. The van der Waals surface area contributed by atoms with Crippen LogP contribution in [0.25, 0.3) is 0 Å². The summed E-state index contributed by atoms with van der Waals surface area (Å²) >= 11 is 0. The van der Waals surface area contributed by atoms with Gasteiger partial charge in [0.25, 0.3) is 0 Å². The van der Waals surface area contributed by atoms with Crippen molar-refractivity contribution in [2.45, 2.75) is 71.0 Å². The molecule has 0 spiro atoms. The molecule has 2 unspecified atom stereocenters. The minimum atomic E-state index is 0.195. The Kier molecular flexibility index (Phi) is 2.82. The van der Waals surface area contributed by atoms with Crippen LogP contribution in [0.5, 0.6) is 0 Å². The summed E-state index contributed by atoms with van der Waals surface area (Å²) in [6.45, 7) is 8.95. The minimum absolute atomic E-state index is 0.195. The zero-order valence-electron chi connectivity index (χ0n) is 8.94. The van der Waals surface area contributed by atoms with Crippen LogP contribution in [0.2, 0.25) is 0 Å². The number of unbranched alkanes of at least 4 members (excludes halogenated alkanes) is 2. The smallest absolute Gasteiger partial charge is 0.0949 e. The molecule has 0 radical (unpaired) electrons. The van der Waals surface area contributed by atoms with Gasteiger partial charge in [0.15, 0.2) is 0 Å². The first kappa shape index (κ1) is 10.0. The number of hydrogen-bond donors (Lipinski definition) is 0. The maximum absolute atomic E-state index is 5.79. The van der Waals surface area contributed by atoms with Crippen molar-refractivity contribution >= 4 is 0 Å². The molecule has 1 rings (SSSR count). The molecule has 0 aromatic carbocycles. The second-order valence-corrected chi connectivity index (χ2v) is 4.37. The van der Waals surface area contributed by atoms with Gasteiger partial charge in [0, 0.05) is 0 Å². The van der Waals surface area contributed by atoms with Crippen LogP contribution in [0.4, 0.5) is 0 Å². The predicted octanol–water partition coefficient (Wildman–Crippen LogP) is 3.52. The maximum Gasteiger partial charge on any atom is 0.0949 e. The van der Waals surface area contributed by atoms with Gasteiger partial charge in [-0.1, -0.05) is 33.1 Å². The molecule has 1 fully saturated rings. The first-order valence-electron chi connectivity index (χ1n) is 5.28. The van der Waals surface area contributed by atoms with Crippen molar-refractivity contribution in [1.82, 2.24) is 0 Å². The molecule has 0 aromatic heterocycles. The van der Waals surface area contributed by atoms with Gasteiger partial charge in [0.1, 0.15) is 0 Å². The highest BCUT2D eigenvalue weighted by Gasteiger charge is 2.61. The van der Waals surface area contributed by atoms with Gasteiger partial charge in [-0.05, 0) is 26.7 Å². The molecule has 0 bridgehead atoms. The Hall–Kier alpha value is -0.0400. The fourth-order valence-corrected chi connectivity index (χ4v) is 1.95. The lowest BCUT2D eigenvalue weighted by Gasteiger charge is -2.09. The molecule has 0 N–H and O–H groups in total. The lowest BCUT2D eigenvalue weighted by atomic mass is 9.89. The van der Waals surface area contributed by atoms with Gasteiger partial charge in [-0.2, -0.15) is 0 Å². The molecule has 12 heavy (non-hydrogen) atoms. The summed E-state index contributed by atoms with van der Waals surface area (Å²) in [4.78, 5) is 0. The fourth-order valence-electron chi connectivity index (χ4n) is 1.95. The average Bonchev–Trinajstić information content (AvgIpc) is 2.57. The van der Waals surface area contributed by atoms with Gasteiger partial charge in [-0.25, -0.2) is 0 Å². The third kappa shape index (κ3) is 1.66. The van der Waals surface area contributed by atoms with Gasteiger partial charge in [0.05, 0.1) is 11.2 Å². The number of epoxide rings is 1. The zero-order chi connectivity index (χ0) is 9.24. The van der Waals surface area contributed by atoms with Crippen LogP contribution in [0.1, 0.15) is 59.8 Å². The largest absolute Gasteiger partial charge is 0.363 e. The fraction of sp³-hybridized carbons (Fsp3) is 1.00. The van der Waals surface area contributed by atoms with Crippen LogP contribution in [0.3, 0.4) is 0 Å². The molecule has 1 nitrogen and oxygen atoms in total. The Balaban J connectivity index is 2.25. The van der Waals surface area contributed by atoms with E-state index < -0.39 is 0 Å². The summed E-state index contributed by atoms with van der Waals surface area (Å²) in [6, 6.07) is 0. The van der Waals surface area contributed by atoms with E-state index in [9.17, 15) is 0 Å². The molecule has 1 saturated heterocycles. The second-order valence-electron chi connectivity index (χ2n) is 4.37. The van der Waals surface area contributed by atoms with E-state index in [0.29, 0.717) is 0 Å². The van der Waals surface area contributed by atoms with Crippen LogP contribution < -0.4 is 0 Å². The standard InChI is InChI=1S/C11H22O/c1-5-7-8-9-11(4)10(3,6-2)12-11/h5-9H2,1-4H3. The highest BCUT2D eigenvalue weighted by molar-refractivity contribution is 5.09. The summed E-state index contributed by atoms with van der Waals surface area (Å²) in [7, 11) is 0. The topological polar surface area (TPSA) is 12.5 Å². The van der Waals surface area contributed by atoms with Gasteiger partial charge < -0.3 is 4.74 Å². The Labute approximate surface area is 76.5 Å². The van der Waals surface area contributed by atoms with E-state index in [4.69, 9.17) is 4.74 Å². The van der Waals surface area contributed by atoms with E-state index in [2.05, 4.69) is 27.7 Å². The number of ether oxygens (including phenoxy) is 1. The Bertz CT molecular complexity index is 155. The van der Waals surface area contributed by atoms with E-state index in [1.165, 1.54) is 25.7 Å². The third-order valence-corrected chi connectivity index (χ3v) is 3.46. The van der Waals surface area contributed by atoms with E-state index in [0.717, 1.165) is 6.42 Å². The molecule has 0 saturated carbocycles. The SMILES string of the molecule is CCCCCC1(C)OC1(C)CC. The van der Waals surface area contributed by atoms with E-state index in [1.807, 2.05) is 0 Å². The molecule has 1 aliphatic heterocycles. The van der Waals surface area contributed by atoms with Crippen LogP contribution in [0, 0.1) is 0 Å². The minimum Gasteiger partial charge on any atom is -0.363 e. The van der Waals surface area contributed by atoms with Gasteiger partial charge in [0.2, 0.25) is 0 Å². The summed E-state index contributed by atoms with van der Waals surface area (Å²) in [5.74, 6) is 0. The quantitative estimate of drug-likeness (QED) is 0.454. The lowest BCUT2D eigenvalue weighted by molar-refractivity contribution is 0.264. The molecule has 72 valence electrons. The van der Waals surface area contributed by atoms with Crippen LogP contribution in [-0.4, -0.2) is 11.2 Å². The second kappa shape index (κ2) is 3.37. The Morgan fingerprint density at radius 1 is 1.00 bits per heavy atom. The average molecular weight is 170 g/mol. The highest BCUT2D eigenvalue weighted by atomic mass is 16.6. The summed E-state index contributed by atoms with van der Waals surface area (Å²) in [5, 5.41) is 0. The molecule has 0 amide bonds. The van der Waals surface area contributed by atoms with Crippen molar-refractivity contribution in [2.24, 2.45) is 0 Å². The Morgan fingerprint density at radius 3 is 2.08 bits per heavy atom. The summed E-state index contributed by atoms with van der Waals surface area (Å²) < 4.78 is 5.79. The first-order chi connectivity index (χ1) is 5.58. The van der Waals surface area contributed by atoms with Crippen molar-refractivity contribution in [3.63, 3.8) is 0 Å². The van der Waals surface area contributed by atoms with E-state index in [1.54, 1.807) is 0 Å². The molecular weight excluding hydrogens is 148 g/mol. The normalized spacial score (nSPS) is 40.0. The zero-order valence-corrected chi connectivity index (χ0v) is 8.94. The van der Waals surface area contributed by atoms with Crippen molar-refractivity contribution in [2.75, 3.05) is 0 Å². The van der Waals surface area contributed by atoms with E-state index >= 15 is 0 Å². The molecule has 1 heterocycles. The predicted molar refractivity (Wildman–Crippen MR) is 52.3 cm³/mol. The van der Waals surface area contributed by atoms with Gasteiger partial charge in [-0.15, -0.1) is 0 Å². The van der Waals surface area contributed by atoms with Crippen molar-refractivity contribution in [3.05, 3.63) is 0 Å². The number of hydrogen-bond acceptors (Lipinski definition) is 1. The molecule has 0 aromatic rings. The van der Waals surface area contributed by atoms with Crippen molar-refractivity contribution in [3.8, 4) is 0 Å². The molecule has 1 heteroatoms. The molecule has 1 aliphatic rings. The van der Waals surface area contributed by atoms with Gasteiger partial charge in [-0.3, -0.25) is 0 Å². The molecule has 2 atom stereocenters. The summed E-state index contributed by atoms with van der Waals surface area (Å²) in [6.07, 6.45) is 6.36. The highest BCUT2D eigenvalue weighted by Crippen LogP contribution is 2.52.